The zero-order chi connectivity index (χ0) is 11.4. The van der Waals surface area contributed by atoms with Gasteiger partial charge in [-0.25, -0.2) is 0 Å². The van der Waals surface area contributed by atoms with Crippen molar-refractivity contribution in [3.8, 4) is 5.75 Å². The van der Waals surface area contributed by atoms with Crippen LogP contribution in [-0.4, -0.2) is 13.7 Å². The summed E-state index contributed by atoms with van der Waals surface area (Å²) in [5, 5.41) is 0. The molecule has 0 saturated heterocycles. The van der Waals surface area contributed by atoms with Crippen LogP contribution in [0.2, 0.25) is 0 Å². The van der Waals surface area contributed by atoms with E-state index in [2.05, 4.69) is 0 Å². The minimum Gasteiger partial charge on any atom is -0.497 e. The van der Waals surface area contributed by atoms with Crippen molar-refractivity contribution in [2.45, 2.75) is 25.9 Å². The van der Waals surface area contributed by atoms with Crippen LogP contribution in [-0.2, 0) is 11.3 Å². The second-order valence-corrected chi connectivity index (χ2v) is 4.40. The third-order valence-corrected chi connectivity index (χ3v) is 2.86. The molecule has 0 bridgehead atoms. The highest BCUT2D eigenvalue weighted by Crippen LogP contribution is 2.32. The summed E-state index contributed by atoms with van der Waals surface area (Å²) in [5.74, 6) is 1.72. The summed E-state index contributed by atoms with van der Waals surface area (Å²) in [7, 11) is 1.65. The molecule has 0 aliphatic heterocycles. The molecular weight excluding hydrogens is 202 g/mol. The van der Waals surface area contributed by atoms with Crippen LogP contribution in [0.4, 0.5) is 5.69 Å². The Labute approximate surface area is 96.5 Å². The van der Waals surface area contributed by atoms with Gasteiger partial charge in [-0.1, -0.05) is 12.8 Å². The molecule has 1 aliphatic rings. The van der Waals surface area contributed by atoms with Gasteiger partial charge in [-0.2, -0.15) is 0 Å². The number of ether oxygens (including phenoxy) is 2. The fourth-order valence-electron chi connectivity index (χ4n) is 1.73. The van der Waals surface area contributed by atoms with Crippen molar-refractivity contribution in [3.63, 3.8) is 0 Å². The Morgan fingerprint density at radius 2 is 2.12 bits per heavy atom. The second-order valence-electron chi connectivity index (χ2n) is 4.40. The highest BCUT2D eigenvalue weighted by Gasteiger charge is 2.20. The average Bonchev–Trinajstić information content (AvgIpc) is 3.07. The molecule has 88 valence electrons. The lowest BCUT2D eigenvalue weighted by molar-refractivity contribution is 0.115. The van der Waals surface area contributed by atoms with E-state index in [1.54, 1.807) is 7.11 Å². The third kappa shape index (κ3) is 3.42. The number of nitrogens with two attached hydrogens (primary N) is 1. The largest absolute Gasteiger partial charge is 0.497 e. The summed E-state index contributed by atoms with van der Waals surface area (Å²) >= 11 is 0. The van der Waals surface area contributed by atoms with E-state index >= 15 is 0 Å². The quantitative estimate of drug-likeness (QED) is 0.593. The van der Waals surface area contributed by atoms with Crippen molar-refractivity contribution < 1.29 is 9.47 Å². The van der Waals surface area contributed by atoms with Crippen molar-refractivity contribution >= 4 is 5.69 Å². The Morgan fingerprint density at radius 1 is 1.31 bits per heavy atom. The molecule has 0 aromatic heterocycles. The molecule has 0 atom stereocenters. The van der Waals surface area contributed by atoms with Crippen LogP contribution >= 0.6 is 0 Å². The van der Waals surface area contributed by atoms with Gasteiger partial charge in [0, 0.05) is 18.4 Å². The molecule has 3 nitrogen and oxygen atoms in total. The van der Waals surface area contributed by atoms with Crippen molar-refractivity contribution in [2.75, 3.05) is 19.5 Å². The highest BCUT2D eigenvalue weighted by molar-refractivity contribution is 5.47. The molecule has 1 saturated carbocycles. The van der Waals surface area contributed by atoms with Gasteiger partial charge in [0.25, 0.3) is 0 Å². The van der Waals surface area contributed by atoms with Gasteiger partial charge in [-0.15, -0.1) is 0 Å². The maximum atomic E-state index is 5.76. The van der Waals surface area contributed by atoms with E-state index in [0.29, 0.717) is 6.61 Å². The molecule has 1 aliphatic carbocycles. The lowest BCUT2D eigenvalue weighted by atomic mass is 10.2. The third-order valence-electron chi connectivity index (χ3n) is 2.86. The Kier molecular flexibility index (Phi) is 3.67. The predicted molar refractivity (Wildman–Crippen MR) is 64.4 cm³/mol. The number of methoxy groups -OCH3 is 1. The first-order chi connectivity index (χ1) is 7.78. The minimum atomic E-state index is 0.619. The number of hydrogen-bond donors (Lipinski definition) is 1. The minimum absolute atomic E-state index is 0.619. The second kappa shape index (κ2) is 5.21. The Hall–Kier alpha value is -1.22. The number of hydrogen-bond acceptors (Lipinski definition) is 3. The van der Waals surface area contributed by atoms with Crippen LogP contribution in [0.15, 0.2) is 18.2 Å². The smallest absolute Gasteiger partial charge is 0.121 e. The van der Waals surface area contributed by atoms with E-state index in [0.717, 1.165) is 29.5 Å². The summed E-state index contributed by atoms with van der Waals surface area (Å²) in [6, 6.07) is 5.71. The van der Waals surface area contributed by atoms with E-state index < -0.39 is 0 Å². The van der Waals surface area contributed by atoms with Crippen LogP contribution in [0, 0.1) is 5.92 Å². The molecular formula is C13H19NO2. The van der Waals surface area contributed by atoms with Crippen LogP contribution in [0.25, 0.3) is 0 Å². The van der Waals surface area contributed by atoms with Gasteiger partial charge in [-0.3, -0.25) is 0 Å². The van der Waals surface area contributed by atoms with E-state index in [1.165, 1.54) is 19.3 Å². The first-order valence-corrected chi connectivity index (χ1v) is 5.79. The van der Waals surface area contributed by atoms with Crippen LogP contribution < -0.4 is 10.5 Å². The molecule has 2 N–H and O–H groups in total. The number of benzene rings is 1. The normalized spacial score (nSPS) is 15.1. The first-order valence-electron chi connectivity index (χ1n) is 5.79. The molecule has 0 spiro atoms. The van der Waals surface area contributed by atoms with E-state index in [9.17, 15) is 0 Å². The lowest BCUT2D eigenvalue weighted by Gasteiger charge is -2.07. The summed E-state index contributed by atoms with van der Waals surface area (Å²) in [4.78, 5) is 0. The van der Waals surface area contributed by atoms with E-state index in [-0.39, 0.29) is 0 Å². The fourth-order valence-corrected chi connectivity index (χ4v) is 1.73. The van der Waals surface area contributed by atoms with Gasteiger partial charge in [0.15, 0.2) is 0 Å². The molecule has 1 aromatic rings. The Bertz CT molecular complexity index is 348. The zero-order valence-corrected chi connectivity index (χ0v) is 9.74. The van der Waals surface area contributed by atoms with Crippen LogP contribution in [0.5, 0.6) is 5.75 Å². The Balaban J connectivity index is 1.80. The SMILES string of the molecule is COc1cc(N)cc(COCCC2CC2)c1. The van der Waals surface area contributed by atoms with Crippen molar-refractivity contribution in [1.82, 2.24) is 0 Å². The standard InChI is InChI=1S/C13H19NO2/c1-15-13-7-11(6-12(14)8-13)9-16-5-4-10-2-3-10/h6-8,10H,2-5,9,14H2,1H3. The van der Waals surface area contributed by atoms with Gasteiger partial charge < -0.3 is 15.2 Å². The van der Waals surface area contributed by atoms with E-state index in [4.69, 9.17) is 15.2 Å². The number of rotatable bonds is 6. The van der Waals surface area contributed by atoms with E-state index in [1.807, 2.05) is 18.2 Å². The maximum absolute atomic E-state index is 5.76. The summed E-state index contributed by atoms with van der Waals surface area (Å²) < 4.78 is 10.8. The highest BCUT2D eigenvalue weighted by atomic mass is 16.5. The Morgan fingerprint density at radius 3 is 2.81 bits per heavy atom. The fraction of sp³-hybridized carbons (Fsp3) is 0.538. The van der Waals surface area contributed by atoms with Gasteiger partial charge in [0.05, 0.1) is 13.7 Å². The number of anilines is 1. The van der Waals surface area contributed by atoms with Crippen molar-refractivity contribution in [2.24, 2.45) is 5.92 Å². The topological polar surface area (TPSA) is 44.5 Å². The van der Waals surface area contributed by atoms with Crippen molar-refractivity contribution in [3.05, 3.63) is 23.8 Å². The maximum Gasteiger partial charge on any atom is 0.121 e. The number of nitrogen functional groups attached to an aromatic ring is 1. The summed E-state index contributed by atoms with van der Waals surface area (Å²) in [6.45, 7) is 1.47. The zero-order valence-electron chi connectivity index (χ0n) is 9.74. The monoisotopic (exact) mass is 221 g/mol. The lowest BCUT2D eigenvalue weighted by Crippen LogP contribution is -1.98. The summed E-state index contributed by atoms with van der Waals surface area (Å²) in [5.41, 5.74) is 7.56. The van der Waals surface area contributed by atoms with Gasteiger partial charge in [0.2, 0.25) is 0 Å². The molecule has 0 heterocycles. The molecule has 1 aromatic carbocycles. The van der Waals surface area contributed by atoms with Gasteiger partial charge in [0.1, 0.15) is 5.75 Å². The first kappa shape index (κ1) is 11.3. The van der Waals surface area contributed by atoms with Gasteiger partial charge >= 0.3 is 0 Å². The molecule has 16 heavy (non-hydrogen) atoms. The van der Waals surface area contributed by atoms with Crippen molar-refractivity contribution in [1.29, 1.82) is 0 Å². The average molecular weight is 221 g/mol. The summed E-state index contributed by atoms with van der Waals surface area (Å²) in [6.07, 6.45) is 3.96. The molecule has 2 rings (SSSR count). The van der Waals surface area contributed by atoms with Gasteiger partial charge in [-0.05, 0) is 30.0 Å². The van der Waals surface area contributed by atoms with Crippen LogP contribution in [0.1, 0.15) is 24.8 Å². The molecule has 3 heteroatoms. The predicted octanol–water partition coefficient (Wildman–Crippen LogP) is 2.59. The molecule has 0 amide bonds. The molecule has 0 unspecified atom stereocenters. The van der Waals surface area contributed by atoms with Crippen LogP contribution in [0.3, 0.4) is 0 Å². The molecule has 1 fully saturated rings. The molecule has 0 radical (unpaired) electrons.